The van der Waals surface area contributed by atoms with Crippen LogP contribution >= 0.6 is 11.6 Å². The molecule has 142 valence electrons. The van der Waals surface area contributed by atoms with Crippen molar-refractivity contribution in [3.8, 4) is 0 Å². The van der Waals surface area contributed by atoms with E-state index < -0.39 is 43.3 Å². The Morgan fingerprint density at radius 1 is 1.17 bits per heavy atom. The SMILES string of the molecule is CCCCCCN(C(=O)NCCCl)[C@@H]1O[C@H](CO)[C@@H](O)[C@H](O)[C@H]1O. The normalized spacial score (nSPS) is 30.2. The van der Waals surface area contributed by atoms with Gasteiger partial charge in [-0.05, 0) is 6.42 Å². The van der Waals surface area contributed by atoms with Gasteiger partial charge in [-0.2, -0.15) is 0 Å². The van der Waals surface area contributed by atoms with Crippen LogP contribution in [0.3, 0.4) is 0 Å². The molecule has 0 radical (unpaired) electrons. The highest BCUT2D eigenvalue weighted by Gasteiger charge is 2.46. The van der Waals surface area contributed by atoms with Crippen LogP contribution in [0.1, 0.15) is 32.6 Å². The number of amides is 2. The lowest BCUT2D eigenvalue weighted by Gasteiger charge is -2.44. The number of nitrogens with one attached hydrogen (secondary N) is 1. The number of aliphatic hydroxyl groups excluding tert-OH is 4. The van der Waals surface area contributed by atoms with Crippen molar-refractivity contribution in [3.63, 3.8) is 0 Å². The van der Waals surface area contributed by atoms with Gasteiger partial charge in [-0.15, -0.1) is 11.6 Å². The van der Waals surface area contributed by atoms with Crippen LogP contribution in [0, 0.1) is 0 Å². The molecule has 5 atom stereocenters. The zero-order chi connectivity index (χ0) is 18.1. The Kier molecular flexibility index (Phi) is 9.87. The molecule has 0 aromatic carbocycles. The van der Waals surface area contributed by atoms with E-state index in [2.05, 4.69) is 12.2 Å². The van der Waals surface area contributed by atoms with E-state index in [-0.39, 0.29) is 12.4 Å². The van der Waals surface area contributed by atoms with Gasteiger partial charge in [0.15, 0.2) is 6.23 Å². The third-order valence-corrected chi connectivity index (χ3v) is 4.25. The maximum Gasteiger partial charge on any atom is 0.319 e. The van der Waals surface area contributed by atoms with Crippen LogP contribution in [-0.2, 0) is 4.74 Å². The molecule has 5 N–H and O–H groups in total. The number of unbranched alkanes of at least 4 members (excludes halogenated alkanes) is 3. The first kappa shape index (κ1) is 21.4. The van der Waals surface area contributed by atoms with Crippen molar-refractivity contribution >= 4 is 17.6 Å². The summed E-state index contributed by atoms with van der Waals surface area (Å²) in [6.45, 7) is 2.11. The molecule has 1 saturated heterocycles. The Balaban J connectivity index is 2.83. The number of hydrogen-bond donors (Lipinski definition) is 5. The predicted molar refractivity (Wildman–Crippen MR) is 88.7 cm³/mol. The molecule has 0 bridgehead atoms. The number of rotatable bonds is 9. The Labute approximate surface area is 147 Å². The average molecular weight is 369 g/mol. The number of alkyl halides is 1. The highest BCUT2D eigenvalue weighted by Crippen LogP contribution is 2.24. The summed E-state index contributed by atoms with van der Waals surface area (Å²) in [5, 5.41) is 41.9. The molecule has 9 heteroatoms. The summed E-state index contributed by atoms with van der Waals surface area (Å²) in [6.07, 6.45) is -2.97. The number of nitrogens with zero attached hydrogens (tertiary/aromatic N) is 1. The molecule has 0 aliphatic carbocycles. The minimum atomic E-state index is -1.51. The lowest BCUT2D eigenvalue weighted by atomic mass is 9.97. The zero-order valence-electron chi connectivity index (χ0n) is 14.0. The fourth-order valence-corrected chi connectivity index (χ4v) is 2.74. The Morgan fingerprint density at radius 2 is 1.88 bits per heavy atom. The maximum absolute atomic E-state index is 12.4. The fraction of sp³-hybridized carbons (Fsp3) is 0.933. The van der Waals surface area contributed by atoms with Crippen LogP contribution in [0.5, 0.6) is 0 Å². The summed E-state index contributed by atoms with van der Waals surface area (Å²) in [7, 11) is 0. The van der Waals surface area contributed by atoms with Gasteiger partial charge in [0.1, 0.15) is 24.4 Å². The third kappa shape index (κ3) is 5.72. The first-order chi connectivity index (χ1) is 11.5. The van der Waals surface area contributed by atoms with E-state index in [0.29, 0.717) is 13.0 Å². The molecule has 1 rings (SSSR count). The topological polar surface area (TPSA) is 122 Å². The lowest BCUT2D eigenvalue weighted by molar-refractivity contribution is -0.257. The summed E-state index contributed by atoms with van der Waals surface area (Å²) in [6, 6.07) is -0.475. The molecule has 1 aliphatic rings. The van der Waals surface area contributed by atoms with E-state index in [9.17, 15) is 25.2 Å². The van der Waals surface area contributed by atoms with Gasteiger partial charge in [0, 0.05) is 19.0 Å². The van der Waals surface area contributed by atoms with E-state index in [0.717, 1.165) is 19.3 Å². The van der Waals surface area contributed by atoms with E-state index >= 15 is 0 Å². The molecular weight excluding hydrogens is 340 g/mol. The van der Waals surface area contributed by atoms with E-state index in [1.54, 1.807) is 0 Å². The van der Waals surface area contributed by atoms with Crippen LogP contribution in [-0.4, -0.2) is 87.6 Å². The number of ether oxygens (including phenoxy) is 1. The van der Waals surface area contributed by atoms with Gasteiger partial charge < -0.3 is 30.5 Å². The van der Waals surface area contributed by atoms with Gasteiger partial charge in [0.2, 0.25) is 0 Å². The third-order valence-electron chi connectivity index (χ3n) is 4.06. The van der Waals surface area contributed by atoms with Crippen molar-refractivity contribution in [3.05, 3.63) is 0 Å². The van der Waals surface area contributed by atoms with Gasteiger partial charge >= 0.3 is 6.03 Å². The number of urea groups is 1. The number of aliphatic hydroxyl groups is 4. The summed E-state index contributed by atoms with van der Waals surface area (Å²) in [5.74, 6) is 0.240. The van der Waals surface area contributed by atoms with Crippen molar-refractivity contribution in [2.24, 2.45) is 0 Å². The molecule has 24 heavy (non-hydrogen) atoms. The first-order valence-electron chi connectivity index (χ1n) is 8.38. The quantitative estimate of drug-likeness (QED) is 0.279. The van der Waals surface area contributed by atoms with Crippen LogP contribution in [0.4, 0.5) is 4.79 Å². The first-order valence-corrected chi connectivity index (χ1v) is 8.92. The molecule has 1 fully saturated rings. The summed E-state index contributed by atoms with van der Waals surface area (Å²) in [4.78, 5) is 13.6. The summed E-state index contributed by atoms with van der Waals surface area (Å²) in [5.41, 5.74) is 0. The molecule has 0 aromatic rings. The second kappa shape index (κ2) is 11.1. The van der Waals surface area contributed by atoms with Gasteiger partial charge in [0.25, 0.3) is 0 Å². The number of carbonyl (C=O) groups is 1. The molecular formula is C15H29ClN2O6. The van der Waals surface area contributed by atoms with Crippen molar-refractivity contribution < 1.29 is 30.0 Å². The Morgan fingerprint density at radius 3 is 2.46 bits per heavy atom. The minimum Gasteiger partial charge on any atom is -0.394 e. The standard InChI is InChI=1S/C15H29ClN2O6/c1-2-3-4-5-8-18(15(23)17-7-6-16)14-13(22)12(21)11(20)10(9-19)24-14/h10-14,19-22H,2-9H2,1H3,(H,17,23)/t10-,11-,12+,13-,14-/m1/s1. The smallest absolute Gasteiger partial charge is 0.319 e. The fourth-order valence-electron chi connectivity index (χ4n) is 2.65. The minimum absolute atomic E-state index is 0.240. The van der Waals surface area contributed by atoms with E-state index in [1.807, 2.05) is 0 Å². The van der Waals surface area contributed by atoms with Crippen LogP contribution in [0.2, 0.25) is 0 Å². The number of hydrogen-bond acceptors (Lipinski definition) is 6. The second-order valence-electron chi connectivity index (χ2n) is 5.89. The van der Waals surface area contributed by atoms with Crippen LogP contribution < -0.4 is 5.32 Å². The molecule has 0 unspecified atom stereocenters. The zero-order valence-corrected chi connectivity index (χ0v) is 14.7. The molecule has 0 spiro atoms. The number of halogens is 1. The lowest BCUT2D eigenvalue weighted by Crippen LogP contribution is -2.65. The summed E-state index contributed by atoms with van der Waals surface area (Å²) < 4.78 is 5.47. The molecule has 1 aliphatic heterocycles. The van der Waals surface area contributed by atoms with Crippen LogP contribution in [0.15, 0.2) is 0 Å². The predicted octanol–water partition coefficient (Wildman–Crippen LogP) is -0.383. The molecule has 8 nitrogen and oxygen atoms in total. The summed E-state index contributed by atoms with van der Waals surface area (Å²) >= 11 is 5.58. The highest BCUT2D eigenvalue weighted by molar-refractivity contribution is 6.18. The van der Waals surface area contributed by atoms with Crippen LogP contribution in [0.25, 0.3) is 0 Å². The highest BCUT2D eigenvalue weighted by atomic mass is 35.5. The molecule has 1 heterocycles. The van der Waals surface area contributed by atoms with Gasteiger partial charge in [-0.1, -0.05) is 26.2 Å². The largest absolute Gasteiger partial charge is 0.394 e. The van der Waals surface area contributed by atoms with Crippen molar-refractivity contribution in [1.29, 1.82) is 0 Å². The second-order valence-corrected chi connectivity index (χ2v) is 6.27. The monoisotopic (exact) mass is 368 g/mol. The molecule has 0 saturated carbocycles. The van der Waals surface area contributed by atoms with E-state index in [4.69, 9.17) is 16.3 Å². The Hall–Kier alpha value is -0.640. The van der Waals surface area contributed by atoms with Crippen molar-refractivity contribution in [2.75, 3.05) is 25.6 Å². The Bertz CT molecular complexity index is 374. The molecule has 0 aromatic heterocycles. The average Bonchev–Trinajstić information content (AvgIpc) is 2.59. The van der Waals surface area contributed by atoms with Gasteiger partial charge in [-0.3, -0.25) is 4.90 Å². The maximum atomic E-state index is 12.4. The van der Waals surface area contributed by atoms with E-state index in [1.165, 1.54) is 4.90 Å². The van der Waals surface area contributed by atoms with Gasteiger partial charge in [-0.25, -0.2) is 4.79 Å². The van der Waals surface area contributed by atoms with Gasteiger partial charge in [0.05, 0.1) is 6.61 Å². The number of carbonyl (C=O) groups excluding carboxylic acids is 1. The molecule has 2 amide bonds. The van der Waals surface area contributed by atoms with Crippen molar-refractivity contribution in [1.82, 2.24) is 10.2 Å². The van der Waals surface area contributed by atoms with Crippen molar-refractivity contribution in [2.45, 2.75) is 63.3 Å².